The Morgan fingerprint density at radius 1 is 0.606 bits per heavy atom. The molecule has 10 rings (SSSR count). The number of aromatic nitrogens is 12. The molecule has 2 unspecified atom stereocenters. The van der Waals surface area contributed by atoms with E-state index >= 15 is 0 Å². The van der Waals surface area contributed by atoms with Gasteiger partial charge in [-0.25, -0.2) is 39.9 Å². The maximum Gasteiger partial charge on any atom is 0.266 e. The van der Waals surface area contributed by atoms with Crippen LogP contribution in [0.2, 0.25) is 0 Å². The molecule has 66 heavy (non-hydrogen) atoms. The van der Waals surface area contributed by atoms with Crippen LogP contribution in [0.15, 0.2) is 120 Å². The average molecular weight is 880 g/mol. The van der Waals surface area contributed by atoms with E-state index in [0.717, 1.165) is 11.1 Å². The van der Waals surface area contributed by atoms with Gasteiger partial charge in [-0.05, 0) is 88.2 Å². The van der Waals surface area contributed by atoms with Crippen LogP contribution in [0.1, 0.15) is 76.3 Å². The molecule has 0 aliphatic carbocycles. The van der Waals surface area contributed by atoms with Crippen molar-refractivity contribution in [1.82, 2.24) is 59.0 Å². The molecule has 0 saturated heterocycles. The number of carbonyl (C=O) groups excluding carboxylic acids is 2. The second-order valence-corrected chi connectivity index (χ2v) is 15.6. The third kappa shape index (κ3) is 7.84. The predicted octanol–water partition coefficient (Wildman–Crippen LogP) is 6.37. The van der Waals surface area contributed by atoms with E-state index in [1.54, 1.807) is 59.4 Å². The van der Waals surface area contributed by atoms with Crippen LogP contribution >= 0.6 is 0 Å². The number of aryl methyl sites for hydroxylation is 2. The van der Waals surface area contributed by atoms with Gasteiger partial charge >= 0.3 is 0 Å². The summed E-state index contributed by atoms with van der Waals surface area (Å²) in [7, 11) is 0. The Hall–Kier alpha value is -9.00. The summed E-state index contributed by atoms with van der Waals surface area (Å²) in [5.41, 5.74) is 12.1. The largest absolute Gasteiger partial charge is 0.366 e. The summed E-state index contributed by atoms with van der Waals surface area (Å²) in [5.74, 6) is 1.36. The Kier molecular flexibility index (Phi) is 11.1. The number of anilines is 2. The lowest BCUT2D eigenvalue weighted by atomic mass is 10.1. The number of nitrogens with one attached hydrogen (secondary N) is 4. The van der Waals surface area contributed by atoms with Gasteiger partial charge in [0, 0.05) is 11.1 Å². The van der Waals surface area contributed by atoms with Crippen LogP contribution in [0.3, 0.4) is 0 Å². The molecule has 6 aromatic heterocycles. The van der Waals surface area contributed by atoms with Crippen LogP contribution in [0.4, 0.5) is 11.6 Å². The third-order valence-corrected chi connectivity index (χ3v) is 11.1. The van der Waals surface area contributed by atoms with Gasteiger partial charge in [0.15, 0.2) is 28.7 Å². The lowest BCUT2D eigenvalue weighted by Gasteiger charge is -2.21. The standard InChI is InChI=1S/C24H21N7O2.C23H20N8O2/c1-13-6-4-9-18-19(13)24(33)31(17-8-5-7-16(10-17)15(3)32)23(30-18)14(2)29-22-20-21(26-11-25-20)27-12-28-22;1-12-5-3-8-16-17(12)23(33)31(15-7-4-6-14(9-15)19(24)32)22(30-16)13(2)29-21-18-20(26-10-25-18)27-11-28-21/h4-12,14H,1-3H3,(H2,25,26,27,28,29);3-11,13H,1-2H3,(H2,24,32)(H2,25,26,27,28,29). The Labute approximate surface area is 374 Å². The highest BCUT2D eigenvalue weighted by Gasteiger charge is 2.23. The molecule has 0 saturated carbocycles. The monoisotopic (exact) mass is 879 g/mol. The zero-order chi connectivity index (χ0) is 46.2. The minimum absolute atomic E-state index is 0.0785. The normalized spacial score (nSPS) is 12.2. The van der Waals surface area contributed by atoms with Gasteiger partial charge in [-0.15, -0.1) is 0 Å². The molecule has 10 aromatic rings. The first-order valence-corrected chi connectivity index (χ1v) is 20.7. The number of amides is 1. The first-order valence-electron chi connectivity index (χ1n) is 20.7. The zero-order valence-corrected chi connectivity index (χ0v) is 36.2. The van der Waals surface area contributed by atoms with Gasteiger partial charge in [-0.1, -0.05) is 42.5 Å². The van der Waals surface area contributed by atoms with Crippen molar-refractivity contribution in [3.05, 3.63) is 165 Å². The number of rotatable bonds is 10. The molecule has 0 bridgehead atoms. The molecule has 0 fully saturated rings. The molecule has 0 aliphatic rings. The van der Waals surface area contributed by atoms with E-state index in [0.29, 0.717) is 89.9 Å². The molecule has 6 N–H and O–H groups in total. The molecule has 19 nitrogen and oxygen atoms in total. The van der Waals surface area contributed by atoms with Crippen molar-refractivity contribution in [2.24, 2.45) is 5.73 Å². The van der Waals surface area contributed by atoms with Crippen molar-refractivity contribution < 1.29 is 9.59 Å². The van der Waals surface area contributed by atoms with Crippen LogP contribution in [0, 0.1) is 13.8 Å². The molecule has 4 aromatic carbocycles. The summed E-state index contributed by atoms with van der Waals surface area (Å²) in [6.45, 7) is 9.04. The first kappa shape index (κ1) is 42.3. The van der Waals surface area contributed by atoms with E-state index in [4.69, 9.17) is 15.7 Å². The van der Waals surface area contributed by atoms with E-state index in [9.17, 15) is 19.2 Å². The van der Waals surface area contributed by atoms with Gasteiger partial charge in [0.05, 0.1) is 57.9 Å². The van der Waals surface area contributed by atoms with E-state index < -0.39 is 18.0 Å². The Morgan fingerprint density at radius 2 is 1.05 bits per heavy atom. The van der Waals surface area contributed by atoms with Crippen molar-refractivity contribution in [3.8, 4) is 11.4 Å². The quantitative estimate of drug-likeness (QED) is 0.0936. The number of imidazole rings is 2. The smallest absolute Gasteiger partial charge is 0.266 e. The van der Waals surface area contributed by atoms with Crippen molar-refractivity contribution in [2.45, 2.75) is 46.7 Å². The number of nitrogens with zero attached hydrogens (tertiary/aromatic N) is 10. The summed E-state index contributed by atoms with van der Waals surface area (Å²) in [6.07, 6.45) is 5.94. The number of hydrogen-bond donors (Lipinski definition) is 5. The summed E-state index contributed by atoms with van der Waals surface area (Å²) in [4.78, 5) is 92.2. The molecule has 1 amide bonds. The number of nitrogens with two attached hydrogens (primary N) is 1. The molecule has 328 valence electrons. The fourth-order valence-electron chi connectivity index (χ4n) is 7.86. The van der Waals surface area contributed by atoms with Gasteiger partial charge in [-0.3, -0.25) is 28.3 Å². The highest BCUT2D eigenvalue weighted by atomic mass is 16.1. The summed E-state index contributed by atoms with van der Waals surface area (Å²) < 4.78 is 3.07. The number of primary amides is 1. The fraction of sp³-hybridized carbons (Fsp3) is 0.149. The molecule has 0 radical (unpaired) electrons. The second kappa shape index (κ2) is 17.3. The molecule has 6 heterocycles. The number of ketones is 1. The van der Waals surface area contributed by atoms with Crippen LogP contribution in [-0.2, 0) is 0 Å². The number of H-pyrrole nitrogens is 2. The number of Topliss-reactive ketones (excluding diaryl/α,β-unsaturated/α-hetero) is 1. The number of benzene rings is 4. The Balaban J connectivity index is 0.000000166. The van der Waals surface area contributed by atoms with E-state index in [-0.39, 0.29) is 16.9 Å². The van der Waals surface area contributed by atoms with Gasteiger partial charge in [0.2, 0.25) is 5.91 Å². The number of aromatic amines is 2. The van der Waals surface area contributed by atoms with Gasteiger partial charge in [0.1, 0.15) is 35.3 Å². The van der Waals surface area contributed by atoms with Crippen LogP contribution in [-0.4, -0.2) is 70.7 Å². The van der Waals surface area contributed by atoms with Crippen molar-refractivity contribution in [2.75, 3.05) is 10.6 Å². The molecule has 0 aliphatic heterocycles. The summed E-state index contributed by atoms with van der Waals surface area (Å²) in [6, 6.07) is 23.9. The van der Waals surface area contributed by atoms with Gasteiger partial charge in [0.25, 0.3) is 11.1 Å². The van der Waals surface area contributed by atoms with Gasteiger partial charge < -0.3 is 26.3 Å². The van der Waals surface area contributed by atoms with Gasteiger partial charge in [-0.2, -0.15) is 0 Å². The van der Waals surface area contributed by atoms with Crippen LogP contribution in [0.5, 0.6) is 0 Å². The number of hydrogen-bond acceptors (Lipinski definition) is 14. The lowest BCUT2D eigenvalue weighted by molar-refractivity contribution is 0.0996. The molecular weight excluding hydrogens is 839 g/mol. The summed E-state index contributed by atoms with van der Waals surface area (Å²) in [5, 5.41) is 7.69. The first-order chi connectivity index (χ1) is 31.9. The summed E-state index contributed by atoms with van der Waals surface area (Å²) >= 11 is 0. The number of fused-ring (bicyclic) bond motifs is 4. The average Bonchev–Trinajstić information content (AvgIpc) is 4.01. The topological polar surface area (TPSA) is 263 Å². The maximum absolute atomic E-state index is 13.7. The third-order valence-electron chi connectivity index (χ3n) is 11.1. The van der Waals surface area contributed by atoms with E-state index in [2.05, 4.69) is 50.5 Å². The Morgan fingerprint density at radius 3 is 1.50 bits per heavy atom. The van der Waals surface area contributed by atoms with Crippen LogP contribution in [0.25, 0.3) is 55.5 Å². The van der Waals surface area contributed by atoms with Crippen molar-refractivity contribution in [1.29, 1.82) is 0 Å². The van der Waals surface area contributed by atoms with E-state index in [1.807, 2.05) is 64.1 Å². The second-order valence-electron chi connectivity index (χ2n) is 15.6. The molecular formula is C47H41N15O4. The highest BCUT2D eigenvalue weighted by Crippen LogP contribution is 2.27. The minimum atomic E-state index is -0.579. The molecule has 0 spiro atoms. The van der Waals surface area contributed by atoms with Crippen molar-refractivity contribution >= 4 is 67.5 Å². The maximum atomic E-state index is 13.7. The predicted molar refractivity (Wildman–Crippen MR) is 250 cm³/mol. The number of carbonyl (C=O) groups is 2. The SMILES string of the molecule is CC(=O)c1cccc(-n2c(C(C)Nc3ncnc4nc[nH]c34)nc3cccc(C)c3c2=O)c1.Cc1cccc2nc(C(C)Nc3ncnc4nc[nH]c34)n(-c3cccc(C(N)=O)c3)c(=O)c12. The van der Waals surface area contributed by atoms with E-state index in [1.165, 1.54) is 30.5 Å². The fourth-order valence-corrected chi connectivity index (χ4v) is 7.86. The highest BCUT2D eigenvalue weighted by molar-refractivity contribution is 5.95. The molecule has 2 atom stereocenters. The minimum Gasteiger partial charge on any atom is -0.366 e. The lowest BCUT2D eigenvalue weighted by Crippen LogP contribution is -2.28. The van der Waals surface area contributed by atoms with Crippen molar-refractivity contribution in [3.63, 3.8) is 0 Å². The zero-order valence-electron chi connectivity index (χ0n) is 36.2. The Bertz CT molecular complexity index is 3410. The van der Waals surface area contributed by atoms with Crippen LogP contribution < -0.4 is 27.5 Å². The molecule has 19 heteroatoms.